The van der Waals surface area contributed by atoms with Crippen molar-refractivity contribution in [3.05, 3.63) is 35.1 Å². The molecule has 1 aromatic carbocycles. The van der Waals surface area contributed by atoms with Crippen LogP contribution >= 0.6 is 0 Å². The summed E-state index contributed by atoms with van der Waals surface area (Å²) in [5.74, 6) is -4.94. The molecule has 0 saturated carbocycles. The summed E-state index contributed by atoms with van der Waals surface area (Å²) in [5, 5.41) is 2.69. The Kier molecular flexibility index (Phi) is 4.04. The molecule has 0 radical (unpaired) electrons. The summed E-state index contributed by atoms with van der Waals surface area (Å²) in [6.07, 6.45) is 1.23. The van der Waals surface area contributed by atoms with Crippen LogP contribution in [-0.4, -0.2) is 24.2 Å². The van der Waals surface area contributed by atoms with Crippen molar-refractivity contribution in [3.8, 4) is 0 Å². The van der Waals surface area contributed by atoms with Crippen LogP contribution in [0.1, 0.15) is 37.0 Å². The maximum atomic E-state index is 13.1. The third kappa shape index (κ3) is 3.30. The highest BCUT2D eigenvalue weighted by atomic mass is 19.2. The highest BCUT2D eigenvalue weighted by Crippen LogP contribution is 2.24. The number of hydrogen-bond donors (Lipinski definition) is 1. The number of ether oxygens (including phenoxy) is 1. The molecular formula is C14H16F3NO2. The summed E-state index contributed by atoms with van der Waals surface area (Å²) in [5.41, 5.74) is -0.583. The zero-order valence-corrected chi connectivity index (χ0v) is 11.3. The van der Waals surface area contributed by atoms with E-state index in [-0.39, 0.29) is 17.2 Å². The maximum Gasteiger partial charge on any atom is 0.251 e. The van der Waals surface area contributed by atoms with Gasteiger partial charge in [-0.15, -0.1) is 0 Å². The fraction of sp³-hybridized carbons (Fsp3) is 0.500. The van der Waals surface area contributed by atoms with Gasteiger partial charge in [0.15, 0.2) is 17.5 Å². The Morgan fingerprint density at radius 2 is 1.90 bits per heavy atom. The van der Waals surface area contributed by atoms with Gasteiger partial charge in [-0.3, -0.25) is 4.79 Å². The lowest BCUT2D eigenvalue weighted by atomic mass is 9.94. The number of carbonyl (C=O) groups excluding carboxylic acids is 1. The van der Waals surface area contributed by atoms with Gasteiger partial charge in [-0.25, -0.2) is 13.2 Å². The molecule has 1 aliphatic rings. The number of carbonyl (C=O) groups is 1. The molecule has 1 fully saturated rings. The van der Waals surface area contributed by atoms with Crippen molar-refractivity contribution in [3.63, 3.8) is 0 Å². The molecule has 0 spiro atoms. The van der Waals surface area contributed by atoms with E-state index in [0.717, 1.165) is 0 Å². The summed E-state index contributed by atoms with van der Waals surface area (Å²) in [6, 6.07) is 1.25. The topological polar surface area (TPSA) is 38.3 Å². The summed E-state index contributed by atoms with van der Waals surface area (Å²) in [7, 11) is 0. The summed E-state index contributed by atoms with van der Waals surface area (Å²) < 4.78 is 44.5. The number of amides is 1. The van der Waals surface area contributed by atoms with Crippen LogP contribution < -0.4 is 5.32 Å². The predicted octanol–water partition coefficient (Wildman–Crippen LogP) is 2.79. The van der Waals surface area contributed by atoms with E-state index in [1.54, 1.807) is 0 Å². The molecule has 1 amide bonds. The van der Waals surface area contributed by atoms with Crippen molar-refractivity contribution in [2.75, 3.05) is 6.61 Å². The summed E-state index contributed by atoms with van der Waals surface area (Å²) in [6.45, 7) is 4.31. The summed E-state index contributed by atoms with van der Waals surface area (Å²) >= 11 is 0. The molecule has 0 aliphatic carbocycles. The zero-order chi connectivity index (χ0) is 14.9. The number of rotatable bonds is 2. The minimum Gasteiger partial charge on any atom is -0.375 e. The van der Waals surface area contributed by atoms with E-state index in [9.17, 15) is 18.0 Å². The van der Waals surface area contributed by atoms with Crippen LogP contribution in [0.25, 0.3) is 0 Å². The molecule has 110 valence electrons. The number of hydrogen-bond acceptors (Lipinski definition) is 2. The Labute approximate surface area is 115 Å². The van der Waals surface area contributed by atoms with Crippen molar-refractivity contribution in [2.45, 2.75) is 38.3 Å². The molecule has 1 heterocycles. The van der Waals surface area contributed by atoms with Gasteiger partial charge < -0.3 is 10.1 Å². The molecule has 0 bridgehead atoms. The fourth-order valence-corrected chi connectivity index (χ4v) is 2.31. The molecule has 20 heavy (non-hydrogen) atoms. The Hall–Kier alpha value is -1.56. The number of nitrogens with one attached hydrogen (secondary N) is 1. The third-order valence-electron chi connectivity index (χ3n) is 3.28. The SMILES string of the molecule is CC1(C)CC(NC(=O)c2cc(F)c(F)c(F)c2)CCO1. The van der Waals surface area contributed by atoms with Gasteiger partial charge in [0.25, 0.3) is 5.91 Å². The Morgan fingerprint density at radius 3 is 2.45 bits per heavy atom. The molecule has 2 rings (SSSR count). The van der Waals surface area contributed by atoms with Gasteiger partial charge in [-0.1, -0.05) is 0 Å². The van der Waals surface area contributed by atoms with Crippen LogP contribution in [0.4, 0.5) is 13.2 Å². The molecule has 1 N–H and O–H groups in total. The van der Waals surface area contributed by atoms with E-state index < -0.39 is 23.4 Å². The molecule has 1 aromatic rings. The second-order valence-electron chi connectivity index (χ2n) is 5.53. The average Bonchev–Trinajstić information content (AvgIpc) is 2.34. The van der Waals surface area contributed by atoms with Crippen LogP contribution in [0.5, 0.6) is 0 Å². The minimum absolute atomic E-state index is 0.137. The fourth-order valence-electron chi connectivity index (χ4n) is 2.31. The van der Waals surface area contributed by atoms with Gasteiger partial charge in [-0.2, -0.15) is 0 Å². The Morgan fingerprint density at radius 1 is 1.30 bits per heavy atom. The third-order valence-corrected chi connectivity index (χ3v) is 3.28. The quantitative estimate of drug-likeness (QED) is 0.849. The van der Waals surface area contributed by atoms with Crippen molar-refractivity contribution in [1.29, 1.82) is 0 Å². The molecule has 1 aliphatic heterocycles. The lowest BCUT2D eigenvalue weighted by molar-refractivity contribution is -0.0615. The number of benzene rings is 1. The largest absolute Gasteiger partial charge is 0.375 e. The molecule has 1 saturated heterocycles. The van der Waals surface area contributed by atoms with Gasteiger partial charge >= 0.3 is 0 Å². The van der Waals surface area contributed by atoms with Crippen molar-refractivity contribution in [1.82, 2.24) is 5.32 Å². The standard InChI is InChI=1S/C14H16F3NO2/c1-14(2)7-9(3-4-20-14)18-13(19)8-5-10(15)12(17)11(16)6-8/h5-6,9H,3-4,7H2,1-2H3,(H,18,19). The predicted molar refractivity (Wildman–Crippen MR) is 66.8 cm³/mol. The summed E-state index contributed by atoms with van der Waals surface area (Å²) in [4.78, 5) is 11.9. The van der Waals surface area contributed by atoms with E-state index in [0.29, 0.717) is 31.6 Å². The first-order valence-electron chi connectivity index (χ1n) is 6.38. The molecular weight excluding hydrogens is 271 g/mol. The van der Waals surface area contributed by atoms with Crippen molar-refractivity contribution < 1.29 is 22.7 Å². The lowest BCUT2D eigenvalue weighted by Gasteiger charge is -2.35. The van der Waals surface area contributed by atoms with E-state index in [4.69, 9.17) is 4.74 Å². The van der Waals surface area contributed by atoms with E-state index in [1.165, 1.54) is 0 Å². The highest BCUT2D eigenvalue weighted by molar-refractivity contribution is 5.94. The lowest BCUT2D eigenvalue weighted by Crippen LogP contribution is -2.45. The van der Waals surface area contributed by atoms with Gasteiger partial charge in [-0.05, 0) is 38.8 Å². The Balaban J connectivity index is 2.09. The molecule has 6 heteroatoms. The average molecular weight is 287 g/mol. The van der Waals surface area contributed by atoms with Gasteiger partial charge in [0.1, 0.15) is 0 Å². The van der Waals surface area contributed by atoms with Gasteiger partial charge in [0.05, 0.1) is 5.60 Å². The Bertz CT molecular complexity index is 508. The van der Waals surface area contributed by atoms with Crippen LogP contribution in [0.15, 0.2) is 12.1 Å². The van der Waals surface area contributed by atoms with Crippen LogP contribution in [0, 0.1) is 17.5 Å². The number of halogens is 3. The van der Waals surface area contributed by atoms with E-state index in [1.807, 2.05) is 13.8 Å². The first kappa shape index (κ1) is 14.8. The van der Waals surface area contributed by atoms with E-state index >= 15 is 0 Å². The minimum atomic E-state index is -1.58. The van der Waals surface area contributed by atoms with Crippen LogP contribution in [0.3, 0.4) is 0 Å². The van der Waals surface area contributed by atoms with Crippen LogP contribution in [0.2, 0.25) is 0 Å². The van der Waals surface area contributed by atoms with Gasteiger partial charge in [0, 0.05) is 18.2 Å². The van der Waals surface area contributed by atoms with Crippen molar-refractivity contribution >= 4 is 5.91 Å². The normalized spacial score (nSPS) is 21.6. The second-order valence-corrected chi connectivity index (χ2v) is 5.53. The van der Waals surface area contributed by atoms with Crippen molar-refractivity contribution in [2.24, 2.45) is 0 Å². The first-order chi connectivity index (χ1) is 9.28. The smallest absolute Gasteiger partial charge is 0.251 e. The first-order valence-corrected chi connectivity index (χ1v) is 6.38. The van der Waals surface area contributed by atoms with Gasteiger partial charge in [0.2, 0.25) is 0 Å². The molecule has 1 atom stereocenters. The molecule has 0 aromatic heterocycles. The monoisotopic (exact) mass is 287 g/mol. The maximum absolute atomic E-state index is 13.1. The molecule has 1 unspecified atom stereocenters. The molecule has 3 nitrogen and oxygen atoms in total. The second kappa shape index (κ2) is 5.44. The highest BCUT2D eigenvalue weighted by Gasteiger charge is 2.30. The van der Waals surface area contributed by atoms with Crippen LogP contribution in [-0.2, 0) is 4.74 Å². The zero-order valence-electron chi connectivity index (χ0n) is 11.3. The van der Waals surface area contributed by atoms with E-state index in [2.05, 4.69) is 5.32 Å².